The number of rotatable bonds is 13. The lowest BCUT2D eigenvalue weighted by molar-refractivity contribution is -0.128. The Morgan fingerprint density at radius 2 is 1.53 bits per heavy atom. The predicted octanol–water partition coefficient (Wildman–Crippen LogP) is 7.80. The number of benzene rings is 4. The predicted molar refractivity (Wildman–Crippen MR) is 205 cm³/mol. The van der Waals surface area contributed by atoms with Crippen LogP contribution in [0.3, 0.4) is 0 Å². The number of fused-ring (bicyclic) bond motifs is 1. The van der Waals surface area contributed by atoms with Gasteiger partial charge < -0.3 is 25.0 Å². The molecule has 5 rings (SSSR count). The molecule has 51 heavy (non-hydrogen) atoms. The molecule has 9 heteroatoms. The molecule has 0 radical (unpaired) electrons. The monoisotopic (exact) mass is 707 g/mol. The first-order valence-electron chi connectivity index (χ1n) is 17.4. The van der Waals surface area contributed by atoms with Crippen LogP contribution in [0.1, 0.15) is 69.4 Å². The number of hydrogen-bond donors (Lipinski definition) is 2. The number of thioether (sulfide) groups is 1. The van der Waals surface area contributed by atoms with Crippen molar-refractivity contribution in [2.45, 2.75) is 89.3 Å². The van der Waals surface area contributed by atoms with Crippen LogP contribution in [0.25, 0.3) is 11.1 Å². The lowest BCUT2D eigenvalue weighted by atomic mass is 9.98. The van der Waals surface area contributed by atoms with Crippen LogP contribution in [0.5, 0.6) is 0 Å². The maximum Gasteiger partial charge on any atom is 0.339 e. The molecular formula is C42H49N3O5S. The minimum Gasteiger partial charge on any atom is -0.456 e. The SMILES string of the molecule is C[C@@H](CNC(C)(C)CC(=O)NC1CSc2ccccc2N(Cc2ccc(-c3ccccc3C(=O)OC(C)(C)C)cc2)C1=O)OCc1ccccc1. The molecule has 0 saturated heterocycles. The lowest BCUT2D eigenvalue weighted by Gasteiger charge is -2.29. The van der Waals surface area contributed by atoms with Crippen molar-refractivity contribution in [3.8, 4) is 11.1 Å². The van der Waals surface area contributed by atoms with Gasteiger partial charge in [0.25, 0.3) is 5.91 Å². The van der Waals surface area contributed by atoms with Crippen LogP contribution in [0.15, 0.2) is 108 Å². The van der Waals surface area contributed by atoms with Crippen LogP contribution in [-0.2, 0) is 32.2 Å². The van der Waals surface area contributed by atoms with E-state index in [1.165, 1.54) is 0 Å². The van der Waals surface area contributed by atoms with Crippen LogP contribution >= 0.6 is 11.8 Å². The Hall–Kier alpha value is -4.44. The molecule has 8 nitrogen and oxygen atoms in total. The molecule has 268 valence electrons. The standard InChI is InChI=1S/C42H49N3O5S/c1-29(49-27-31-14-8-7-9-15-31)25-43-42(5,6)24-38(46)44-35-28-51-37-19-13-12-18-36(37)45(39(35)47)26-30-20-22-32(23-21-30)33-16-10-11-17-34(33)40(48)50-41(2,3)4/h7-23,29,35,43H,24-28H2,1-6H3,(H,44,46)/t29-,35?/m0/s1. The summed E-state index contributed by atoms with van der Waals surface area (Å²) < 4.78 is 11.6. The van der Waals surface area contributed by atoms with Gasteiger partial charge in [-0.25, -0.2) is 4.79 Å². The highest BCUT2D eigenvalue weighted by Crippen LogP contribution is 2.35. The van der Waals surface area contributed by atoms with Gasteiger partial charge in [-0.3, -0.25) is 9.59 Å². The van der Waals surface area contributed by atoms with Crippen LogP contribution in [0.2, 0.25) is 0 Å². The van der Waals surface area contributed by atoms with Gasteiger partial charge in [-0.2, -0.15) is 0 Å². The van der Waals surface area contributed by atoms with E-state index in [1.807, 2.05) is 139 Å². The van der Waals surface area contributed by atoms with E-state index in [2.05, 4.69) is 10.6 Å². The van der Waals surface area contributed by atoms with Crippen molar-refractivity contribution in [1.29, 1.82) is 0 Å². The lowest BCUT2D eigenvalue weighted by Crippen LogP contribution is -2.52. The maximum absolute atomic E-state index is 14.2. The highest BCUT2D eigenvalue weighted by molar-refractivity contribution is 7.99. The third-order valence-electron chi connectivity index (χ3n) is 8.46. The summed E-state index contributed by atoms with van der Waals surface area (Å²) in [7, 11) is 0. The van der Waals surface area contributed by atoms with E-state index in [0.717, 1.165) is 32.8 Å². The average molecular weight is 708 g/mol. The largest absolute Gasteiger partial charge is 0.456 e. The zero-order valence-corrected chi connectivity index (χ0v) is 31.2. The summed E-state index contributed by atoms with van der Waals surface area (Å²) in [5.41, 5.74) is 3.88. The number of carbonyl (C=O) groups is 3. The fourth-order valence-corrected chi connectivity index (χ4v) is 6.91. The Morgan fingerprint density at radius 3 is 2.25 bits per heavy atom. The Kier molecular flexibility index (Phi) is 12.4. The Balaban J connectivity index is 1.24. The average Bonchev–Trinajstić information content (AvgIpc) is 3.22. The fourth-order valence-electron chi connectivity index (χ4n) is 5.84. The van der Waals surface area contributed by atoms with Crippen molar-refractivity contribution in [3.63, 3.8) is 0 Å². The molecule has 2 N–H and O–H groups in total. The molecule has 2 atom stereocenters. The Bertz CT molecular complexity index is 1800. The van der Waals surface area contributed by atoms with Gasteiger partial charge in [0.2, 0.25) is 5.91 Å². The number of esters is 1. The molecule has 0 fully saturated rings. The van der Waals surface area contributed by atoms with E-state index in [0.29, 0.717) is 31.0 Å². The summed E-state index contributed by atoms with van der Waals surface area (Å²) in [6.45, 7) is 13.0. The van der Waals surface area contributed by atoms with Gasteiger partial charge in [0, 0.05) is 29.2 Å². The van der Waals surface area contributed by atoms with Crippen molar-refractivity contribution in [2.75, 3.05) is 17.2 Å². The van der Waals surface area contributed by atoms with Crippen molar-refractivity contribution in [1.82, 2.24) is 10.6 Å². The second-order valence-corrected chi connectivity index (χ2v) is 15.7. The van der Waals surface area contributed by atoms with Crippen LogP contribution in [-0.4, -0.2) is 53.4 Å². The Morgan fingerprint density at radius 1 is 0.863 bits per heavy atom. The summed E-state index contributed by atoms with van der Waals surface area (Å²) in [6, 6.07) is 32.5. The van der Waals surface area contributed by atoms with Gasteiger partial charge in [0.05, 0.1) is 30.5 Å². The molecule has 1 heterocycles. The van der Waals surface area contributed by atoms with Crippen molar-refractivity contribution < 1.29 is 23.9 Å². The molecule has 2 amide bonds. The number of ether oxygens (including phenoxy) is 2. The quantitative estimate of drug-likeness (QED) is 0.137. The van der Waals surface area contributed by atoms with Crippen molar-refractivity contribution in [2.24, 2.45) is 0 Å². The summed E-state index contributed by atoms with van der Waals surface area (Å²) in [5, 5.41) is 6.51. The smallest absolute Gasteiger partial charge is 0.339 e. The summed E-state index contributed by atoms with van der Waals surface area (Å²) in [4.78, 5) is 43.3. The molecular weight excluding hydrogens is 659 g/mol. The Labute approximate surface area is 306 Å². The zero-order valence-electron chi connectivity index (χ0n) is 30.4. The van der Waals surface area contributed by atoms with Gasteiger partial charge >= 0.3 is 5.97 Å². The number of nitrogens with one attached hydrogen (secondary N) is 2. The maximum atomic E-state index is 14.2. The number of para-hydroxylation sites is 1. The second-order valence-electron chi connectivity index (χ2n) is 14.6. The third kappa shape index (κ3) is 10.8. The van der Waals surface area contributed by atoms with E-state index < -0.39 is 17.2 Å². The molecule has 4 aromatic carbocycles. The summed E-state index contributed by atoms with van der Waals surface area (Å²) >= 11 is 1.57. The van der Waals surface area contributed by atoms with Crippen LogP contribution < -0.4 is 15.5 Å². The van der Waals surface area contributed by atoms with Crippen LogP contribution in [0.4, 0.5) is 5.69 Å². The molecule has 1 aliphatic rings. The fraction of sp³-hybridized carbons (Fsp3) is 0.357. The second kappa shape index (κ2) is 16.7. The minimum atomic E-state index is -0.696. The molecule has 0 bridgehead atoms. The van der Waals surface area contributed by atoms with E-state index in [4.69, 9.17) is 9.47 Å². The van der Waals surface area contributed by atoms with Gasteiger partial charge in [-0.1, -0.05) is 84.9 Å². The van der Waals surface area contributed by atoms with E-state index in [9.17, 15) is 14.4 Å². The van der Waals surface area contributed by atoms with E-state index >= 15 is 0 Å². The number of carbonyl (C=O) groups excluding carboxylic acids is 3. The minimum absolute atomic E-state index is 0.0479. The highest BCUT2D eigenvalue weighted by atomic mass is 32.2. The van der Waals surface area contributed by atoms with E-state index in [1.54, 1.807) is 22.7 Å². The molecule has 0 aliphatic carbocycles. The third-order valence-corrected chi connectivity index (χ3v) is 9.62. The van der Waals surface area contributed by atoms with Crippen molar-refractivity contribution >= 4 is 35.2 Å². The van der Waals surface area contributed by atoms with Crippen LogP contribution in [0, 0.1) is 0 Å². The van der Waals surface area contributed by atoms with Crippen molar-refractivity contribution in [3.05, 3.63) is 120 Å². The number of anilines is 1. The first kappa shape index (κ1) is 37.8. The summed E-state index contributed by atoms with van der Waals surface area (Å²) in [6.07, 6.45) is 0.152. The summed E-state index contributed by atoms with van der Waals surface area (Å²) in [5.74, 6) is -0.297. The highest BCUT2D eigenvalue weighted by Gasteiger charge is 2.33. The number of hydrogen-bond acceptors (Lipinski definition) is 7. The topological polar surface area (TPSA) is 97.0 Å². The first-order chi connectivity index (χ1) is 24.3. The van der Waals surface area contributed by atoms with Gasteiger partial charge in [0.1, 0.15) is 11.6 Å². The molecule has 1 aliphatic heterocycles. The molecule has 4 aromatic rings. The number of amides is 2. The molecule has 0 spiro atoms. The number of nitrogens with zero attached hydrogens (tertiary/aromatic N) is 1. The molecule has 0 aromatic heterocycles. The van der Waals surface area contributed by atoms with E-state index in [-0.39, 0.29) is 30.3 Å². The normalized spacial score (nSPS) is 15.5. The molecule has 0 saturated carbocycles. The van der Waals surface area contributed by atoms with Gasteiger partial charge in [-0.05, 0) is 82.0 Å². The molecule has 1 unspecified atom stereocenters. The first-order valence-corrected chi connectivity index (χ1v) is 18.4. The van der Waals surface area contributed by atoms with Gasteiger partial charge in [0.15, 0.2) is 0 Å². The van der Waals surface area contributed by atoms with Gasteiger partial charge in [-0.15, -0.1) is 11.8 Å². The zero-order chi connectivity index (χ0) is 36.6.